The first-order valence-electron chi connectivity index (χ1n) is 5.87. The number of fused-ring (bicyclic) bond motifs is 5. The molecule has 0 aromatic rings. The number of allylic oxidation sites excluding steroid dienone is 2. The van der Waals surface area contributed by atoms with Crippen LogP contribution in [0.2, 0.25) is 0 Å². The van der Waals surface area contributed by atoms with Crippen molar-refractivity contribution < 1.29 is 10.2 Å². The van der Waals surface area contributed by atoms with E-state index in [1.807, 2.05) is 0 Å². The molecule has 3 rings (SSSR count). The predicted molar refractivity (Wildman–Crippen MR) is 61.2 cm³/mol. The minimum absolute atomic E-state index is 0.0942. The molecule has 0 spiro atoms. The Labute approximate surface area is 95.9 Å². The number of hydrogen-bond donors (Lipinski definition) is 3. The summed E-state index contributed by atoms with van der Waals surface area (Å²) < 4.78 is 0. The summed E-state index contributed by atoms with van der Waals surface area (Å²) in [5, 5.41) is 23.4. The van der Waals surface area contributed by atoms with Crippen molar-refractivity contribution >= 4 is 0 Å². The molecule has 6 atom stereocenters. The topological polar surface area (TPSA) is 52.5 Å². The molecule has 1 aliphatic heterocycles. The zero-order valence-corrected chi connectivity index (χ0v) is 9.83. The summed E-state index contributed by atoms with van der Waals surface area (Å²) in [5.41, 5.74) is 1.54. The Kier molecular flexibility index (Phi) is 1.65. The molecule has 0 amide bonds. The highest BCUT2D eigenvalue weighted by atomic mass is 16.3. The molecular formula is C13H19NO2. The Morgan fingerprint density at radius 3 is 1.81 bits per heavy atom. The molecule has 3 N–H and O–H groups in total. The fourth-order valence-electron chi connectivity index (χ4n) is 4.47. The van der Waals surface area contributed by atoms with Crippen LogP contribution in [0.1, 0.15) is 20.3 Å². The summed E-state index contributed by atoms with van der Waals surface area (Å²) in [6.45, 7) is 12.4. The van der Waals surface area contributed by atoms with Gasteiger partial charge in [0, 0.05) is 22.2 Å². The standard InChI is InChI=1S/C13H19NO2/c1-6-12(3)8-5-9(11(16)10(8)15)13(12,4)7(2)14-6/h8-11,14-16H,1-2,5H2,3-4H3. The van der Waals surface area contributed by atoms with Gasteiger partial charge in [-0.2, -0.15) is 0 Å². The van der Waals surface area contributed by atoms with Crippen LogP contribution in [0.25, 0.3) is 0 Å². The Morgan fingerprint density at radius 1 is 1.06 bits per heavy atom. The van der Waals surface area contributed by atoms with Crippen molar-refractivity contribution in [2.75, 3.05) is 0 Å². The Hall–Kier alpha value is -0.800. The van der Waals surface area contributed by atoms with Crippen molar-refractivity contribution in [2.24, 2.45) is 22.7 Å². The molecule has 3 heteroatoms. The molecule has 0 aromatic carbocycles. The summed E-state index contributed by atoms with van der Waals surface area (Å²) in [5.74, 6) is 0.188. The highest BCUT2D eigenvalue weighted by molar-refractivity contribution is 5.41. The van der Waals surface area contributed by atoms with Crippen LogP contribution in [-0.4, -0.2) is 22.4 Å². The first-order valence-corrected chi connectivity index (χ1v) is 5.87. The Morgan fingerprint density at radius 2 is 1.44 bits per heavy atom. The highest BCUT2D eigenvalue weighted by Gasteiger charge is 2.73. The number of rotatable bonds is 0. The van der Waals surface area contributed by atoms with Crippen LogP contribution in [0.3, 0.4) is 0 Å². The van der Waals surface area contributed by atoms with Crippen LogP contribution in [0.15, 0.2) is 24.6 Å². The molecule has 88 valence electrons. The third-order valence-electron chi connectivity index (χ3n) is 5.80. The highest BCUT2D eigenvalue weighted by Crippen LogP contribution is 2.72. The molecule has 1 saturated heterocycles. The van der Waals surface area contributed by atoms with Crippen molar-refractivity contribution in [2.45, 2.75) is 32.5 Å². The van der Waals surface area contributed by atoms with Crippen molar-refractivity contribution in [1.29, 1.82) is 0 Å². The maximum atomic E-state index is 10.1. The number of nitrogens with one attached hydrogen (secondary N) is 1. The van der Waals surface area contributed by atoms with E-state index in [1.54, 1.807) is 0 Å². The smallest absolute Gasteiger partial charge is 0.0839 e. The van der Waals surface area contributed by atoms with E-state index in [-0.39, 0.29) is 22.7 Å². The van der Waals surface area contributed by atoms with Gasteiger partial charge >= 0.3 is 0 Å². The molecule has 16 heavy (non-hydrogen) atoms. The van der Waals surface area contributed by atoms with Gasteiger partial charge in [-0.3, -0.25) is 0 Å². The van der Waals surface area contributed by atoms with Gasteiger partial charge in [0.2, 0.25) is 0 Å². The lowest BCUT2D eigenvalue weighted by atomic mass is 9.56. The minimum atomic E-state index is -0.618. The van der Waals surface area contributed by atoms with E-state index in [0.29, 0.717) is 0 Å². The average molecular weight is 221 g/mol. The lowest BCUT2D eigenvalue weighted by Crippen LogP contribution is -2.51. The van der Waals surface area contributed by atoms with Gasteiger partial charge in [-0.05, 0) is 18.3 Å². The van der Waals surface area contributed by atoms with Gasteiger partial charge in [-0.25, -0.2) is 0 Å². The second-order valence-corrected chi connectivity index (χ2v) is 5.92. The van der Waals surface area contributed by atoms with Gasteiger partial charge < -0.3 is 15.5 Å². The van der Waals surface area contributed by atoms with Crippen molar-refractivity contribution in [3.05, 3.63) is 24.6 Å². The average Bonchev–Trinajstić information content (AvgIpc) is 2.70. The summed E-state index contributed by atoms with van der Waals surface area (Å²) in [4.78, 5) is 0. The van der Waals surface area contributed by atoms with Gasteiger partial charge in [0.15, 0.2) is 0 Å². The maximum Gasteiger partial charge on any atom is 0.0839 e. The lowest BCUT2D eigenvalue weighted by molar-refractivity contribution is -0.0935. The molecule has 2 bridgehead atoms. The fraction of sp³-hybridized carbons (Fsp3) is 0.692. The third kappa shape index (κ3) is 0.721. The molecule has 2 aliphatic carbocycles. The second kappa shape index (κ2) is 2.54. The Balaban J connectivity index is 2.20. The first kappa shape index (κ1) is 10.4. The SMILES string of the molecule is C=C1NC(=C)C2(C)C3CC(C(O)C3O)C12C. The molecule has 0 aromatic heterocycles. The lowest BCUT2D eigenvalue weighted by Gasteiger charge is -2.47. The summed E-state index contributed by atoms with van der Waals surface area (Å²) in [7, 11) is 0. The summed E-state index contributed by atoms with van der Waals surface area (Å²) in [6.07, 6.45) is -0.366. The normalized spacial score (nSPS) is 59.0. The maximum absolute atomic E-state index is 10.1. The van der Waals surface area contributed by atoms with Gasteiger partial charge in [-0.1, -0.05) is 27.0 Å². The van der Waals surface area contributed by atoms with E-state index in [0.717, 1.165) is 17.8 Å². The van der Waals surface area contributed by atoms with E-state index in [2.05, 4.69) is 32.3 Å². The molecule has 1 heterocycles. The molecule has 3 nitrogen and oxygen atoms in total. The molecule has 3 aliphatic rings. The van der Waals surface area contributed by atoms with Crippen molar-refractivity contribution in [1.82, 2.24) is 5.32 Å². The molecule has 0 radical (unpaired) electrons. The van der Waals surface area contributed by atoms with Crippen molar-refractivity contribution in [3.8, 4) is 0 Å². The van der Waals surface area contributed by atoms with Crippen LogP contribution in [-0.2, 0) is 0 Å². The van der Waals surface area contributed by atoms with E-state index in [4.69, 9.17) is 0 Å². The van der Waals surface area contributed by atoms with E-state index in [1.165, 1.54) is 0 Å². The van der Waals surface area contributed by atoms with Gasteiger partial charge in [-0.15, -0.1) is 0 Å². The van der Waals surface area contributed by atoms with Gasteiger partial charge in [0.1, 0.15) is 0 Å². The van der Waals surface area contributed by atoms with E-state index in [9.17, 15) is 10.2 Å². The van der Waals surface area contributed by atoms with E-state index < -0.39 is 12.2 Å². The molecule has 3 fully saturated rings. The largest absolute Gasteiger partial charge is 0.390 e. The van der Waals surface area contributed by atoms with Gasteiger partial charge in [0.25, 0.3) is 0 Å². The van der Waals surface area contributed by atoms with Crippen LogP contribution in [0.5, 0.6) is 0 Å². The predicted octanol–water partition coefficient (Wildman–Crippen LogP) is 1.00. The summed E-state index contributed by atoms with van der Waals surface area (Å²) >= 11 is 0. The Bertz CT molecular complexity index is 369. The minimum Gasteiger partial charge on any atom is -0.390 e. The van der Waals surface area contributed by atoms with Crippen LogP contribution < -0.4 is 5.32 Å². The van der Waals surface area contributed by atoms with Crippen LogP contribution >= 0.6 is 0 Å². The van der Waals surface area contributed by atoms with Crippen LogP contribution in [0.4, 0.5) is 0 Å². The zero-order valence-electron chi connectivity index (χ0n) is 9.83. The van der Waals surface area contributed by atoms with E-state index >= 15 is 0 Å². The quantitative estimate of drug-likeness (QED) is 0.572. The van der Waals surface area contributed by atoms with Crippen molar-refractivity contribution in [3.63, 3.8) is 0 Å². The second-order valence-electron chi connectivity index (χ2n) is 5.92. The molecule has 2 saturated carbocycles. The number of aliphatic hydroxyl groups excluding tert-OH is 2. The molecular weight excluding hydrogens is 202 g/mol. The number of hydrogen-bond acceptors (Lipinski definition) is 3. The summed E-state index contributed by atoms with van der Waals surface area (Å²) in [6, 6.07) is 0. The third-order valence-corrected chi connectivity index (χ3v) is 5.80. The fourth-order valence-corrected chi connectivity index (χ4v) is 4.47. The first-order chi connectivity index (χ1) is 7.35. The monoisotopic (exact) mass is 221 g/mol. The number of aliphatic hydroxyl groups is 2. The van der Waals surface area contributed by atoms with Gasteiger partial charge in [0.05, 0.1) is 12.2 Å². The zero-order chi connectivity index (χ0) is 11.9. The van der Waals surface area contributed by atoms with Crippen LogP contribution in [0, 0.1) is 22.7 Å². The molecule has 6 unspecified atom stereocenters.